The fourth-order valence-corrected chi connectivity index (χ4v) is 15.9. The van der Waals surface area contributed by atoms with Crippen LogP contribution in [0.2, 0.25) is 5.02 Å². The number of piperidine rings is 1. The Balaban J connectivity index is 1.29. The van der Waals surface area contributed by atoms with E-state index in [1.54, 1.807) is 25.7 Å². The summed E-state index contributed by atoms with van der Waals surface area (Å²) < 4.78 is 41.6. The zero-order valence-electron chi connectivity index (χ0n) is 61.9. The molecule has 1 spiro atoms. The standard InChI is InChI=1S/C73H112ClF3N12O12/c1-15-46(7)60-69(99)82(10)47(8)64(94)89-37-31-54(89)67(97)84(12)56(40-48-22-17-16-18-23-48)66(96)81(9)42-58(90)78-52(28-26-49-25-27-50(51(74)39-49)73(75,76)77)65(95)88-34-21-24-53(88)63(93)80-72(32-19-20-33-72)71(101)86(14)61(44(4)5)70(100)85(13)57(68(98)87-35-29-45(6)30-36-87)41-59(91)83(11)55(38-43(2)3)62(92)79-60/h25,27,39,43-48,52-57,60-61H,15-24,26,28-38,40-42H2,1-14H3,(H,78,90)(H,79,92)(H,80,93)/t46-,47-,52-,53-,54-,55-,56-,57-,60-,61-/m0/s1. The number of nitrogens with zero attached hydrogens (tertiary/aromatic N) is 9. The normalized spacial score (nSPS) is 27.9. The second-order valence-corrected chi connectivity index (χ2v) is 31.0. The molecule has 6 fully saturated rings. The quantitative estimate of drug-likeness (QED) is 0.221. The summed E-state index contributed by atoms with van der Waals surface area (Å²) >= 11 is 6.16. The molecule has 1 aromatic rings. The number of rotatable bonds is 11. The van der Waals surface area contributed by atoms with Crippen molar-refractivity contribution >= 4 is 82.5 Å². The SMILES string of the molecule is CC[C@H](C)[C@@H]1NC(=O)[C@H](CC(C)C)N(C)C(=O)C[C@@H](C(=O)N2CCC(C)CC2)N(C)C(=O)[C@H](C(C)C)N(C)C(=O)C2(CCCC2)NC(=O)[C@@H]2CCCN2C(=O)[C@H](CCc2ccc(C(F)(F)F)c(Cl)c2)NC(=O)CN(C)C(=O)[C@H](CC2CCCCC2)N(C)C(=O)[C@@H]2CCN2C(=O)[C@H](C)N(C)C1=O. The average molecular weight is 1440 g/mol. The third-order valence-electron chi connectivity index (χ3n) is 22.6. The van der Waals surface area contributed by atoms with Crippen LogP contribution in [0.5, 0.6) is 0 Å². The Morgan fingerprint density at radius 1 is 0.644 bits per heavy atom. The maximum Gasteiger partial charge on any atom is 0.417 e. The van der Waals surface area contributed by atoms with Crippen LogP contribution < -0.4 is 16.0 Å². The van der Waals surface area contributed by atoms with E-state index in [-0.39, 0.29) is 76.3 Å². The van der Waals surface area contributed by atoms with Crippen molar-refractivity contribution in [2.75, 3.05) is 75.0 Å². The first-order valence-electron chi connectivity index (χ1n) is 36.7. The largest absolute Gasteiger partial charge is 0.417 e. The van der Waals surface area contributed by atoms with Crippen LogP contribution >= 0.6 is 11.6 Å². The number of carbonyl (C=O) groups is 12. The highest BCUT2D eigenvalue weighted by molar-refractivity contribution is 6.31. The van der Waals surface area contributed by atoms with E-state index in [1.807, 2.05) is 20.8 Å². The summed E-state index contributed by atoms with van der Waals surface area (Å²) in [7, 11) is 8.61. The summed E-state index contributed by atoms with van der Waals surface area (Å²) in [4.78, 5) is 192. The fraction of sp³-hybridized carbons (Fsp3) is 0.753. The Morgan fingerprint density at radius 3 is 1.85 bits per heavy atom. The van der Waals surface area contributed by atoms with E-state index >= 15 is 28.8 Å². The number of hydrogen-bond donors (Lipinski definition) is 3. The predicted molar refractivity (Wildman–Crippen MR) is 373 cm³/mol. The highest BCUT2D eigenvalue weighted by atomic mass is 35.5. The number of amides is 12. The average Bonchev–Trinajstić information content (AvgIpc) is 1.77. The first kappa shape index (κ1) is 81.2. The molecule has 3 N–H and O–H groups in total. The summed E-state index contributed by atoms with van der Waals surface area (Å²) in [5, 5.41) is 8.17. The molecule has 2 aliphatic carbocycles. The molecule has 12 amide bonds. The van der Waals surface area contributed by atoms with Gasteiger partial charge in [0.2, 0.25) is 70.9 Å². The molecule has 4 saturated heterocycles. The number of likely N-dealkylation sites (N-methyl/N-ethyl adjacent to an activating group) is 6. The van der Waals surface area contributed by atoms with Crippen molar-refractivity contribution in [1.82, 2.24) is 60.0 Å². The van der Waals surface area contributed by atoms with Crippen molar-refractivity contribution in [1.29, 1.82) is 0 Å². The van der Waals surface area contributed by atoms with Gasteiger partial charge in [-0.25, -0.2) is 0 Å². The Bertz CT molecular complexity index is 3190. The van der Waals surface area contributed by atoms with Crippen LogP contribution in [-0.4, -0.2) is 250 Å². The summed E-state index contributed by atoms with van der Waals surface area (Å²) in [5.74, 6) is -8.60. The lowest BCUT2D eigenvalue weighted by molar-refractivity contribution is -0.160. The Hall–Kier alpha value is -7.06. The van der Waals surface area contributed by atoms with E-state index in [0.717, 1.165) is 49.1 Å². The lowest BCUT2D eigenvalue weighted by Gasteiger charge is -2.45. The molecule has 10 atom stereocenters. The minimum atomic E-state index is -4.76. The minimum absolute atomic E-state index is 0.0221. The molecule has 2 saturated carbocycles. The van der Waals surface area contributed by atoms with Crippen molar-refractivity contribution in [3.63, 3.8) is 0 Å². The molecule has 0 aromatic heterocycles. The number of benzene rings is 1. The summed E-state index contributed by atoms with van der Waals surface area (Å²) in [6.45, 7) is 14.7. The van der Waals surface area contributed by atoms with Crippen molar-refractivity contribution in [3.8, 4) is 0 Å². The molecule has 7 rings (SSSR count). The number of halogens is 4. The number of alkyl halides is 3. The van der Waals surface area contributed by atoms with Gasteiger partial charge in [-0.05, 0) is 125 Å². The van der Waals surface area contributed by atoms with Crippen molar-refractivity contribution in [2.24, 2.45) is 29.6 Å². The van der Waals surface area contributed by atoms with E-state index in [1.165, 1.54) is 89.6 Å². The molecule has 1 aromatic carbocycles. The highest BCUT2D eigenvalue weighted by Crippen LogP contribution is 2.38. The number of carbonyl (C=O) groups excluding carboxylic acids is 12. The number of fused-ring (bicyclic) bond motifs is 2. The van der Waals surface area contributed by atoms with Gasteiger partial charge in [0.15, 0.2) is 0 Å². The molecular weight excluding hydrogens is 1330 g/mol. The lowest BCUT2D eigenvalue weighted by Crippen LogP contribution is -2.65. The molecule has 0 bridgehead atoms. The Labute approximate surface area is 599 Å². The Kier molecular flexibility index (Phi) is 28.1. The molecular formula is C73H112ClF3N12O12. The zero-order valence-corrected chi connectivity index (χ0v) is 62.7. The van der Waals surface area contributed by atoms with Crippen molar-refractivity contribution < 1.29 is 70.7 Å². The van der Waals surface area contributed by atoms with Gasteiger partial charge in [-0.15, -0.1) is 0 Å². The van der Waals surface area contributed by atoms with Gasteiger partial charge in [0.05, 0.1) is 23.6 Å². The molecule has 0 radical (unpaired) electrons. The predicted octanol–water partition coefficient (Wildman–Crippen LogP) is 6.28. The van der Waals surface area contributed by atoms with E-state index in [4.69, 9.17) is 11.6 Å². The molecule has 564 valence electrons. The topological polar surface area (TPSA) is 270 Å². The van der Waals surface area contributed by atoms with Gasteiger partial charge >= 0.3 is 6.18 Å². The second kappa shape index (κ2) is 34.9. The smallest absolute Gasteiger partial charge is 0.343 e. The summed E-state index contributed by atoms with van der Waals surface area (Å²) in [6, 6.07) is -7.87. The van der Waals surface area contributed by atoms with E-state index in [0.29, 0.717) is 63.1 Å². The highest BCUT2D eigenvalue weighted by Gasteiger charge is 2.52. The first-order valence-corrected chi connectivity index (χ1v) is 37.1. The van der Waals surface area contributed by atoms with Gasteiger partial charge in [-0.3, -0.25) is 57.5 Å². The molecule has 24 nitrogen and oxygen atoms in total. The van der Waals surface area contributed by atoms with Crippen LogP contribution in [0.1, 0.15) is 189 Å². The number of hydrogen-bond acceptors (Lipinski definition) is 12. The zero-order chi connectivity index (χ0) is 74.9. The van der Waals surface area contributed by atoms with Crippen molar-refractivity contribution in [3.05, 3.63) is 34.3 Å². The second-order valence-electron chi connectivity index (χ2n) is 30.6. The van der Waals surface area contributed by atoms with E-state index < -0.39 is 172 Å². The van der Waals surface area contributed by atoms with Gasteiger partial charge < -0.3 is 60.0 Å². The van der Waals surface area contributed by atoms with Crippen LogP contribution in [0.25, 0.3) is 0 Å². The maximum atomic E-state index is 15.5. The summed E-state index contributed by atoms with van der Waals surface area (Å²) in [5.41, 5.74) is -2.36. The van der Waals surface area contributed by atoms with Crippen LogP contribution in [-0.2, 0) is 70.1 Å². The fourth-order valence-electron chi connectivity index (χ4n) is 15.6. The summed E-state index contributed by atoms with van der Waals surface area (Å²) in [6.07, 6.45) is 2.85. The first-order chi connectivity index (χ1) is 47.4. The van der Waals surface area contributed by atoms with Crippen molar-refractivity contribution in [2.45, 2.75) is 250 Å². The monoisotopic (exact) mass is 1440 g/mol. The molecule has 101 heavy (non-hydrogen) atoms. The van der Waals surface area contributed by atoms with Gasteiger partial charge in [0.25, 0.3) is 0 Å². The molecule has 4 heterocycles. The van der Waals surface area contributed by atoms with Crippen LogP contribution in [0.15, 0.2) is 18.2 Å². The van der Waals surface area contributed by atoms with Gasteiger partial charge in [-0.1, -0.05) is 118 Å². The lowest BCUT2D eigenvalue weighted by atomic mass is 9.84. The molecule has 28 heteroatoms. The van der Waals surface area contributed by atoms with Crippen LogP contribution in [0, 0.1) is 29.6 Å². The third-order valence-corrected chi connectivity index (χ3v) is 22.9. The molecule has 0 unspecified atom stereocenters. The molecule has 6 aliphatic rings. The van der Waals surface area contributed by atoms with Gasteiger partial charge in [0, 0.05) is 68.5 Å². The van der Waals surface area contributed by atoms with Crippen LogP contribution in [0.3, 0.4) is 0 Å². The van der Waals surface area contributed by atoms with E-state index in [9.17, 15) is 41.9 Å². The molecule has 4 aliphatic heterocycles. The van der Waals surface area contributed by atoms with Gasteiger partial charge in [0.1, 0.15) is 59.9 Å². The number of likely N-dealkylation sites (tertiary alicyclic amines) is 1. The number of nitrogens with one attached hydrogen (secondary N) is 3. The maximum absolute atomic E-state index is 15.5. The van der Waals surface area contributed by atoms with E-state index in [2.05, 4.69) is 22.9 Å². The van der Waals surface area contributed by atoms with Crippen LogP contribution in [0.4, 0.5) is 13.2 Å². The Morgan fingerprint density at radius 2 is 1.28 bits per heavy atom. The van der Waals surface area contributed by atoms with Gasteiger partial charge in [-0.2, -0.15) is 13.2 Å². The third kappa shape index (κ3) is 19.2. The number of aryl methyl sites for hydroxylation is 1. The minimum Gasteiger partial charge on any atom is -0.343 e.